The van der Waals surface area contributed by atoms with Crippen molar-refractivity contribution in [2.45, 2.75) is 19.8 Å². The zero-order chi connectivity index (χ0) is 12.8. The van der Waals surface area contributed by atoms with E-state index in [-0.39, 0.29) is 5.91 Å². The lowest BCUT2D eigenvalue weighted by atomic mass is 10.1. The van der Waals surface area contributed by atoms with Crippen LogP contribution in [-0.4, -0.2) is 10.9 Å². The van der Waals surface area contributed by atoms with Crippen LogP contribution in [0.2, 0.25) is 0 Å². The summed E-state index contributed by atoms with van der Waals surface area (Å²) in [6.45, 7) is 2.02. The molecule has 0 aliphatic rings. The average molecular weight is 240 g/mol. The Bertz CT molecular complexity index is 506. The van der Waals surface area contributed by atoms with Gasteiger partial charge in [-0.25, -0.2) is 0 Å². The summed E-state index contributed by atoms with van der Waals surface area (Å²) in [6.07, 6.45) is 4.71. The molecule has 0 saturated heterocycles. The molecular formula is C15H16N2O. The molecule has 0 unspecified atom stereocenters. The van der Waals surface area contributed by atoms with Gasteiger partial charge >= 0.3 is 0 Å². The van der Waals surface area contributed by atoms with Gasteiger partial charge in [0.05, 0.1) is 0 Å². The fourth-order valence-electron chi connectivity index (χ4n) is 1.66. The second-order valence-corrected chi connectivity index (χ2v) is 4.28. The first-order chi connectivity index (χ1) is 8.74. The van der Waals surface area contributed by atoms with Gasteiger partial charge in [-0.15, -0.1) is 0 Å². The molecule has 2 rings (SSSR count). The summed E-state index contributed by atoms with van der Waals surface area (Å²) in [4.78, 5) is 15.8. The fourth-order valence-corrected chi connectivity index (χ4v) is 1.66. The standard InChI is InChI=1S/C15H16N2O/c1-12-4-7-14(8-5-12)17-15(18)9-6-13-3-2-10-16-11-13/h2-5,7-8,10-11H,6,9H2,1H3,(H,17,18). The van der Waals surface area contributed by atoms with E-state index in [0.717, 1.165) is 11.3 Å². The molecule has 0 radical (unpaired) electrons. The normalized spacial score (nSPS) is 10.1. The predicted molar refractivity (Wildman–Crippen MR) is 72.4 cm³/mol. The Balaban J connectivity index is 1.84. The molecular weight excluding hydrogens is 224 g/mol. The van der Waals surface area contributed by atoms with Crippen LogP contribution in [0.3, 0.4) is 0 Å². The van der Waals surface area contributed by atoms with Crippen LogP contribution in [0.5, 0.6) is 0 Å². The highest BCUT2D eigenvalue weighted by Crippen LogP contribution is 2.09. The number of nitrogens with one attached hydrogen (secondary N) is 1. The van der Waals surface area contributed by atoms with Crippen LogP contribution in [0.25, 0.3) is 0 Å². The van der Waals surface area contributed by atoms with Gasteiger partial charge in [0.25, 0.3) is 0 Å². The van der Waals surface area contributed by atoms with E-state index in [1.54, 1.807) is 12.4 Å². The molecule has 1 N–H and O–H groups in total. The van der Waals surface area contributed by atoms with Crippen LogP contribution >= 0.6 is 0 Å². The molecule has 3 heteroatoms. The Kier molecular flexibility index (Phi) is 4.07. The van der Waals surface area contributed by atoms with Crippen molar-refractivity contribution in [2.75, 3.05) is 5.32 Å². The van der Waals surface area contributed by atoms with Gasteiger partial charge in [0, 0.05) is 24.5 Å². The summed E-state index contributed by atoms with van der Waals surface area (Å²) in [5, 5.41) is 2.88. The number of anilines is 1. The van der Waals surface area contributed by atoms with Crippen molar-refractivity contribution in [3.63, 3.8) is 0 Å². The van der Waals surface area contributed by atoms with Crippen LogP contribution in [0.1, 0.15) is 17.5 Å². The first-order valence-corrected chi connectivity index (χ1v) is 5.99. The maximum Gasteiger partial charge on any atom is 0.224 e. The summed E-state index contributed by atoms with van der Waals surface area (Å²) in [6, 6.07) is 11.7. The number of nitrogens with zero attached hydrogens (tertiary/aromatic N) is 1. The Labute approximate surface area is 107 Å². The average Bonchev–Trinajstić information content (AvgIpc) is 2.40. The Hall–Kier alpha value is -2.16. The van der Waals surface area contributed by atoms with Crippen LogP contribution in [0.4, 0.5) is 5.69 Å². The molecule has 0 bridgehead atoms. The number of carbonyl (C=O) groups is 1. The van der Waals surface area contributed by atoms with Crippen molar-refractivity contribution in [1.29, 1.82) is 0 Å². The van der Waals surface area contributed by atoms with Crippen LogP contribution in [0, 0.1) is 6.92 Å². The maximum absolute atomic E-state index is 11.7. The van der Waals surface area contributed by atoms with Gasteiger partial charge in [-0.1, -0.05) is 23.8 Å². The second-order valence-electron chi connectivity index (χ2n) is 4.28. The second kappa shape index (κ2) is 5.96. The number of hydrogen-bond donors (Lipinski definition) is 1. The molecule has 0 saturated carbocycles. The van der Waals surface area contributed by atoms with Crippen LogP contribution in [0.15, 0.2) is 48.8 Å². The molecule has 1 amide bonds. The lowest BCUT2D eigenvalue weighted by Gasteiger charge is -2.05. The number of hydrogen-bond acceptors (Lipinski definition) is 2. The highest BCUT2D eigenvalue weighted by Gasteiger charge is 2.02. The summed E-state index contributed by atoms with van der Waals surface area (Å²) in [5.74, 6) is 0.0303. The van der Waals surface area contributed by atoms with E-state index in [9.17, 15) is 4.79 Å². The van der Waals surface area contributed by atoms with E-state index < -0.39 is 0 Å². The van der Waals surface area contributed by atoms with Crippen molar-refractivity contribution in [3.8, 4) is 0 Å². The van der Waals surface area contributed by atoms with Crippen molar-refractivity contribution in [2.24, 2.45) is 0 Å². The zero-order valence-electron chi connectivity index (χ0n) is 10.4. The van der Waals surface area contributed by atoms with Gasteiger partial charge in [0.1, 0.15) is 0 Å². The molecule has 18 heavy (non-hydrogen) atoms. The number of amides is 1. The monoisotopic (exact) mass is 240 g/mol. The summed E-state index contributed by atoms with van der Waals surface area (Å²) >= 11 is 0. The maximum atomic E-state index is 11.7. The van der Waals surface area contributed by atoms with E-state index in [1.807, 2.05) is 43.3 Å². The molecule has 0 fully saturated rings. The fraction of sp³-hybridized carbons (Fsp3) is 0.200. The third-order valence-corrected chi connectivity index (χ3v) is 2.70. The number of benzene rings is 1. The largest absolute Gasteiger partial charge is 0.326 e. The van der Waals surface area contributed by atoms with Gasteiger partial charge in [-0.2, -0.15) is 0 Å². The first kappa shape index (κ1) is 12.3. The SMILES string of the molecule is Cc1ccc(NC(=O)CCc2cccnc2)cc1. The summed E-state index contributed by atoms with van der Waals surface area (Å²) in [5.41, 5.74) is 3.11. The van der Waals surface area contributed by atoms with Gasteiger partial charge < -0.3 is 5.32 Å². The number of aromatic nitrogens is 1. The van der Waals surface area contributed by atoms with E-state index in [4.69, 9.17) is 0 Å². The molecule has 0 spiro atoms. The molecule has 3 nitrogen and oxygen atoms in total. The minimum absolute atomic E-state index is 0.0303. The lowest BCUT2D eigenvalue weighted by molar-refractivity contribution is -0.116. The van der Waals surface area contributed by atoms with E-state index in [1.165, 1.54) is 5.56 Å². The zero-order valence-corrected chi connectivity index (χ0v) is 10.4. The Morgan fingerprint density at radius 2 is 2.00 bits per heavy atom. The van der Waals surface area contributed by atoms with Crippen molar-refractivity contribution >= 4 is 11.6 Å². The van der Waals surface area contributed by atoms with Gasteiger partial charge in [-0.05, 0) is 37.1 Å². The smallest absolute Gasteiger partial charge is 0.224 e. The topological polar surface area (TPSA) is 42.0 Å². The van der Waals surface area contributed by atoms with E-state index in [0.29, 0.717) is 12.8 Å². The molecule has 1 heterocycles. The third kappa shape index (κ3) is 3.70. The predicted octanol–water partition coefficient (Wildman–Crippen LogP) is 2.96. The molecule has 0 aliphatic heterocycles. The minimum atomic E-state index is 0.0303. The Morgan fingerprint density at radius 1 is 1.22 bits per heavy atom. The molecule has 1 aromatic carbocycles. The summed E-state index contributed by atoms with van der Waals surface area (Å²) < 4.78 is 0. The van der Waals surface area contributed by atoms with Crippen LogP contribution < -0.4 is 5.32 Å². The van der Waals surface area contributed by atoms with Gasteiger partial charge in [-0.3, -0.25) is 9.78 Å². The number of pyridine rings is 1. The highest BCUT2D eigenvalue weighted by atomic mass is 16.1. The van der Waals surface area contributed by atoms with Crippen LogP contribution in [-0.2, 0) is 11.2 Å². The quantitative estimate of drug-likeness (QED) is 0.892. The minimum Gasteiger partial charge on any atom is -0.326 e. The summed E-state index contributed by atoms with van der Waals surface area (Å²) in [7, 11) is 0. The molecule has 1 aromatic heterocycles. The number of aryl methyl sites for hydroxylation is 2. The molecule has 0 atom stereocenters. The number of carbonyl (C=O) groups excluding carboxylic acids is 1. The molecule has 2 aromatic rings. The van der Waals surface area contributed by atoms with Gasteiger partial charge in [0.2, 0.25) is 5.91 Å². The van der Waals surface area contributed by atoms with E-state index in [2.05, 4.69) is 10.3 Å². The lowest BCUT2D eigenvalue weighted by Crippen LogP contribution is -2.12. The van der Waals surface area contributed by atoms with Crippen molar-refractivity contribution < 1.29 is 4.79 Å². The molecule has 92 valence electrons. The highest BCUT2D eigenvalue weighted by molar-refractivity contribution is 5.90. The molecule has 0 aliphatic carbocycles. The van der Waals surface area contributed by atoms with E-state index >= 15 is 0 Å². The Morgan fingerprint density at radius 3 is 2.67 bits per heavy atom. The van der Waals surface area contributed by atoms with Crippen molar-refractivity contribution in [1.82, 2.24) is 4.98 Å². The third-order valence-electron chi connectivity index (χ3n) is 2.70. The van der Waals surface area contributed by atoms with Gasteiger partial charge in [0.15, 0.2) is 0 Å². The first-order valence-electron chi connectivity index (χ1n) is 5.99. The van der Waals surface area contributed by atoms with Crippen molar-refractivity contribution in [3.05, 3.63) is 59.9 Å². The number of rotatable bonds is 4.